The highest BCUT2D eigenvalue weighted by Crippen LogP contribution is 2.16. The van der Waals surface area contributed by atoms with E-state index >= 15 is 0 Å². The molecule has 0 aliphatic rings. The van der Waals surface area contributed by atoms with E-state index in [0.717, 1.165) is 29.5 Å². The Morgan fingerprint density at radius 2 is 2.05 bits per heavy atom. The molecule has 0 saturated carbocycles. The smallest absolute Gasteiger partial charge is 0.192 e. The third-order valence-corrected chi connectivity index (χ3v) is 3.55. The first-order valence-electron chi connectivity index (χ1n) is 6.64. The topological polar surface area (TPSA) is 56.7 Å². The monoisotopic (exact) mass is 286 g/mol. The first kappa shape index (κ1) is 14.6. The molecule has 4 nitrogen and oxygen atoms in total. The second-order valence-electron chi connectivity index (χ2n) is 4.21. The molecule has 0 aliphatic carbocycles. The van der Waals surface area contributed by atoms with Gasteiger partial charge in [0.15, 0.2) is 5.16 Å². The highest BCUT2D eigenvalue weighted by atomic mass is 32.2. The fourth-order valence-corrected chi connectivity index (χ4v) is 2.51. The Bertz CT molecular complexity index is 595. The van der Waals surface area contributed by atoms with Crippen LogP contribution in [0, 0.1) is 11.8 Å². The minimum atomic E-state index is 0.420. The van der Waals surface area contributed by atoms with E-state index in [2.05, 4.69) is 33.5 Å². The molecule has 2 rings (SSSR count). The van der Waals surface area contributed by atoms with Gasteiger partial charge in [0, 0.05) is 12.1 Å². The number of thioether (sulfide) groups is 1. The highest BCUT2D eigenvalue weighted by Gasteiger charge is 2.09. The molecule has 1 heterocycles. The van der Waals surface area contributed by atoms with Gasteiger partial charge in [-0.25, -0.2) is 0 Å². The molecule has 0 bridgehead atoms. The maximum atomic E-state index is 5.66. The number of nitrogens with zero attached hydrogens (tertiary/aromatic N) is 3. The van der Waals surface area contributed by atoms with Crippen molar-refractivity contribution in [1.29, 1.82) is 0 Å². The predicted octanol–water partition coefficient (Wildman–Crippen LogP) is 2.29. The van der Waals surface area contributed by atoms with Gasteiger partial charge in [-0.2, -0.15) is 0 Å². The van der Waals surface area contributed by atoms with E-state index in [0.29, 0.717) is 12.3 Å². The summed E-state index contributed by atoms with van der Waals surface area (Å²) >= 11 is 1.60. The quantitative estimate of drug-likeness (QED) is 0.677. The summed E-state index contributed by atoms with van der Waals surface area (Å²) in [5.74, 6) is 7.82. The SMILES string of the molecule is CCCn1c(CN)nnc1SCC#Cc1ccccc1. The van der Waals surface area contributed by atoms with E-state index in [-0.39, 0.29) is 0 Å². The summed E-state index contributed by atoms with van der Waals surface area (Å²) in [6.45, 7) is 3.45. The van der Waals surface area contributed by atoms with Gasteiger partial charge in [-0.05, 0) is 18.6 Å². The second kappa shape index (κ2) is 7.73. The molecule has 0 atom stereocenters. The lowest BCUT2D eigenvalue weighted by Gasteiger charge is -2.05. The molecule has 1 aromatic carbocycles. The Labute approximate surface area is 123 Å². The van der Waals surface area contributed by atoms with Crippen molar-refractivity contribution < 1.29 is 0 Å². The second-order valence-corrected chi connectivity index (χ2v) is 5.15. The van der Waals surface area contributed by atoms with Crippen LogP contribution in [0.3, 0.4) is 0 Å². The number of nitrogens with two attached hydrogens (primary N) is 1. The molecule has 0 aliphatic heterocycles. The summed E-state index contributed by atoms with van der Waals surface area (Å²) in [4.78, 5) is 0. The van der Waals surface area contributed by atoms with Crippen molar-refractivity contribution in [2.45, 2.75) is 31.6 Å². The predicted molar refractivity (Wildman–Crippen MR) is 82.2 cm³/mol. The number of benzene rings is 1. The van der Waals surface area contributed by atoms with Crippen LogP contribution in [0.15, 0.2) is 35.5 Å². The summed E-state index contributed by atoms with van der Waals surface area (Å²) < 4.78 is 2.08. The Balaban J connectivity index is 1.98. The molecule has 5 heteroatoms. The van der Waals surface area contributed by atoms with Crippen LogP contribution in [0.25, 0.3) is 0 Å². The van der Waals surface area contributed by atoms with Gasteiger partial charge in [0.2, 0.25) is 0 Å². The maximum absolute atomic E-state index is 5.66. The fourth-order valence-electron chi connectivity index (χ4n) is 1.79. The molecule has 1 aromatic heterocycles. The number of hydrogen-bond donors (Lipinski definition) is 1. The summed E-state index contributed by atoms with van der Waals surface area (Å²) in [6, 6.07) is 9.97. The van der Waals surface area contributed by atoms with Gasteiger partial charge in [-0.3, -0.25) is 0 Å². The zero-order valence-electron chi connectivity index (χ0n) is 11.5. The lowest BCUT2D eigenvalue weighted by Crippen LogP contribution is -2.09. The summed E-state index contributed by atoms with van der Waals surface area (Å²) in [5, 5.41) is 9.19. The van der Waals surface area contributed by atoms with Gasteiger partial charge < -0.3 is 10.3 Å². The molecular weight excluding hydrogens is 268 g/mol. The van der Waals surface area contributed by atoms with Crippen molar-refractivity contribution in [2.75, 3.05) is 5.75 Å². The minimum absolute atomic E-state index is 0.420. The van der Waals surface area contributed by atoms with Crippen LogP contribution < -0.4 is 5.73 Å². The van der Waals surface area contributed by atoms with Crippen LogP contribution in [0.5, 0.6) is 0 Å². The molecule has 104 valence electrons. The Kier molecular flexibility index (Phi) is 5.66. The molecule has 0 radical (unpaired) electrons. The van der Waals surface area contributed by atoms with E-state index in [1.165, 1.54) is 0 Å². The molecular formula is C15H18N4S. The van der Waals surface area contributed by atoms with Crippen molar-refractivity contribution in [1.82, 2.24) is 14.8 Å². The van der Waals surface area contributed by atoms with Crippen LogP contribution in [-0.2, 0) is 13.1 Å². The van der Waals surface area contributed by atoms with Crippen molar-refractivity contribution in [3.63, 3.8) is 0 Å². The van der Waals surface area contributed by atoms with Crippen molar-refractivity contribution in [3.8, 4) is 11.8 Å². The fraction of sp³-hybridized carbons (Fsp3) is 0.333. The van der Waals surface area contributed by atoms with Crippen molar-refractivity contribution in [2.24, 2.45) is 5.73 Å². The van der Waals surface area contributed by atoms with Crippen LogP contribution in [-0.4, -0.2) is 20.5 Å². The molecule has 0 amide bonds. The first-order chi connectivity index (χ1) is 9.85. The molecule has 0 spiro atoms. The Hall–Kier alpha value is -1.77. The summed E-state index contributed by atoms with van der Waals surface area (Å²) in [7, 11) is 0. The number of hydrogen-bond acceptors (Lipinski definition) is 4. The maximum Gasteiger partial charge on any atom is 0.192 e. The van der Waals surface area contributed by atoms with Crippen molar-refractivity contribution in [3.05, 3.63) is 41.7 Å². The minimum Gasteiger partial charge on any atom is -0.324 e. The average Bonchev–Trinajstić information content (AvgIpc) is 2.87. The van der Waals surface area contributed by atoms with E-state index in [1.54, 1.807) is 11.8 Å². The third-order valence-electron chi connectivity index (χ3n) is 2.70. The van der Waals surface area contributed by atoms with Gasteiger partial charge in [0.05, 0.1) is 12.3 Å². The summed E-state index contributed by atoms with van der Waals surface area (Å²) in [5.41, 5.74) is 6.70. The zero-order chi connectivity index (χ0) is 14.2. The summed E-state index contributed by atoms with van der Waals surface area (Å²) in [6.07, 6.45) is 1.04. The van der Waals surface area contributed by atoms with Crippen molar-refractivity contribution >= 4 is 11.8 Å². The lowest BCUT2D eigenvalue weighted by atomic mass is 10.2. The zero-order valence-corrected chi connectivity index (χ0v) is 12.4. The van der Waals surface area contributed by atoms with Crippen LogP contribution in [0.1, 0.15) is 24.7 Å². The van der Waals surface area contributed by atoms with E-state index in [1.807, 2.05) is 30.3 Å². The average molecular weight is 286 g/mol. The van der Waals surface area contributed by atoms with Crippen LogP contribution in [0.2, 0.25) is 0 Å². The molecule has 0 fully saturated rings. The standard InChI is InChI=1S/C15H18N4S/c1-2-10-19-14(12-16)17-18-15(19)20-11-6-9-13-7-4-3-5-8-13/h3-5,7-8H,2,10-12,16H2,1H3. The molecule has 0 unspecified atom stereocenters. The van der Waals surface area contributed by atoms with Gasteiger partial charge in [-0.1, -0.05) is 48.7 Å². The number of aromatic nitrogens is 3. The molecule has 20 heavy (non-hydrogen) atoms. The van der Waals surface area contributed by atoms with E-state index in [9.17, 15) is 0 Å². The number of rotatable bonds is 5. The van der Waals surface area contributed by atoms with Gasteiger partial charge in [-0.15, -0.1) is 10.2 Å². The molecule has 2 aromatic rings. The highest BCUT2D eigenvalue weighted by molar-refractivity contribution is 7.99. The lowest BCUT2D eigenvalue weighted by molar-refractivity contribution is 0.592. The van der Waals surface area contributed by atoms with Gasteiger partial charge in [0.25, 0.3) is 0 Å². The third kappa shape index (κ3) is 3.86. The molecule has 2 N–H and O–H groups in total. The largest absolute Gasteiger partial charge is 0.324 e. The van der Waals surface area contributed by atoms with E-state index in [4.69, 9.17) is 5.73 Å². The first-order valence-corrected chi connectivity index (χ1v) is 7.62. The van der Waals surface area contributed by atoms with Crippen LogP contribution in [0.4, 0.5) is 0 Å². The molecule has 0 saturated heterocycles. The Morgan fingerprint density at radius 3 is 2.75 bits per heavy atom. The van der Waals surface area contributed by atoms with E-state index < -0.39 is 0 Å². The van der Waals surface area contributed by atoms with Gasteiger partial charge >= 0.3 is 0 Å². The normalized spacial score (nSPS) is 10.1. The van der Waals surface area contributed by atoms with Gasteiger partial charge in [0.1, 0.15) is 5.82 Å². The Morgan fingerprint density at radius 1 is 1.25 bits per heavy atom. The van der Waals surface area contributed by atoms with Crippen LogP contribution >= 0.6 is 11.8 Å².